The zero-order valence-corrected chi connectivity index (χ0v) is 12.2. The lowest BCUT2D eigenvalue weighted by Gasteiger charge is -2.38. The van der Waals surface area contributed by atoms with Crippen LogP contribution in [0, 0.1) is 17.8 Å². The molecule has 20 heavy (non-hydrogen) atoms. The van der Waals surface area contributed by atoms with Gasteiger partial charge in [0.15, 0.2) is 0 Å². The third-order valence-electron chi connectivity index (χ3n) is 4.76. The summed E-state index contributed by atoms with van der Waals surface area (Å²) in [6, 6.07) is 8.71. The zero-order valence-electron chi connectivity index (χ0n) is 12.2. The molecule has 0 saturated heterocycles. The van der Waals surface area contributed by atoms with Gasteiger partial charge in [-0.3, -0.25) is 0 Å². The maximum absolute atomic E-state index is 5.70. The van der Waals surface area contributed by atoms with E-state index in [2.05, 4.69) is 68.3 Å². The predicted molar refractivity (Wildman–Crippen MR) is 86.2 cm³/mol. The molecular weight excluding hydrogens is 240 g/mol. The summed E-state index contributed by atoms with van der Waals surface area (Å²) in [5.74, 6) is 3.32. The topological polar surface area (TPSA) is 0 Å². The Balaban J connectivity index is 2.10. The van der Waals surface area contributed by atoms with E-state index in [1.807, 2.05) is 0 Å². The van der Waals surface area contributed by atoms with Crippen LogP contribution in [-0.2, 0) is 0 Å². The highest BCUT2D eigenvalue weighted by molar-refractivity contribution is 5.67. The highest BCUT2D eigenvalue weighted by Gasteiger charge is 2.41. The van der Waals surface area contributed by atoms with Crippen molar-refractivity contribution in [2.24, 2.45) is 5.41 Å². The molecule has 0 bridgehead atoms. The van der Waals surface area contributed by atoms with E-state index in [4.69, 9.17) is 6.42 Å². The lowest BCUT2D eigenvalue weighted by molar-refractivity contribution is 0.351. The number of benzene rings is 1. The Labute approximate surface area is 121 Å². The lowest BCUT2D eigenvalue weighted by Crippen LogP contribution is -2.27. The van der Waals surface area contributed by atoms with E-state index in [1.54, 1.807) is 0 Å². The first kappa shape index (κ1) is 13.0. The quantitative estimate of drug-likeness (QED) is 0.663. The molecule has 2 aliphatic carbocycles. The van der Waals surface area contributed by atoms with Crippen molar-refractivity contribution >= 4 is 6.08 Å². The van der Waals surface area contributed by atoms with E-state index in [0.29, 0.717) is 5.92 Å². The Kier molecular flexibility index (Phi) is 3.14. The molecule has 1 aromatic rings. The van der Waals surface area contributed by atoms with E-state index in [9.17, 15) is 0 Å². The van der Waals surface area contributed by atoms with Crippen LogP contribution in [0.25, 0.3) is 6.08 Å². The Morgan fingerprint density at radius 2 is 2.15 bits per heavy atom. The van der Waals surface area contributed by atoms with E-state index < -0.39 is 0 Å². The molecule has 100 valence electrons. The van der Waals surface area contributed by atoms with Crippen LogP contribution in [0.3, 0.4) is 0 Å². The van der Waals surface area contributed by atoms with Crippen LogP contribution in [0.4, 0.5) is 0 Å². The highest BCUT2D eigenvalue weighted by Crippen LogP contribution is 2.54. The fourth-order valence-electron chi connectivity index (χ4n) is 3.81. The van der Waals surface area contributed by atoms with Crippen LogP contribution in [0.1, 0.15) is 43.7 Å². The zero-order chi connectivity index (χ0) is 14.2. The Morgan fingerprint density at radius 3 is 2.85 bits per heavy atom. The minimum absolute atomic E-state index is 0.0193. The smallest absolute Gasteiger partial charge is 0.0187 e. The van der Waals surface area contributed by atoms with Crippen molar-refractivity contribution in [1.29, 1.82) is 0 Å². The molecule has 0 heteroatoms. The van der Waals surface area contributed by atoms with Gasteiger partial charge in [0.2, 0.25) is 0 Å². The molecule has 0 N–H and O–H groups in total. The van der Waals surface area contributed by atoms with Gasteiger partial charge in [0.1, 0.15) is 0 Å². The van der Waals surface area contributed by atoms with Gasteiger partial charge in [0, 0.05) is 17.8 Å². The summed E-state index contributed by atoms with van der Waals surface area (Å²) >= 11 is 0. The molecule has 1 aromatic carbocycles. The first-order chi connectivity index (χ1) is 9.66. The third-order valence-corrected chi connectivity index (χ3v) is 4.76. The molecule has 3 rings (SSSR count). The van der Waals surface area contributed by atoms with Gasteiger partial charge in [-0.2, -0.15) is 0 Å². The first-order valence-electron chi connectivity index (χ1n) is 7.23. The summed E-state index contributed by atoms with van der Waals surface area (Å²) < 4.78 is 0. The van der Waals surface area contributed by atoms with Gasteiger partial charge in [-0.05, 0) is 24.5 Å². The van der Waals surface area contributed by atoms with Crippen molar-refractivity contribution in [1.82, 2.24) is 0 Å². The highest BCUT2D eigenvalue weighted by atomic mass is 14.4. The Morgan fingerprint density at radius 1 is 1.35 bits per heavy atom. The molecular formula is C20H20. The van der Waals surface area contributed by atoms with Crippen molar-refractivity contribution in [3.05, 3.63) is 64.8 Å². The van der Waals surface area contributed by atoms with Gasteiger partial charge in [0.25, 0.3) is 0 Å². The number of allylic oxidation sites excluding steroid dienone is 5. The van der Waals surface area contributed by atoms with Crippen LogP contribution in [0.5, 0.6) is 0 Å². The second-order valence-corrected chi connectivity index (χ2v) is 6.07. The van der Waals surface area contributed by atoms with Gasteiger partial charge in [-0.1, -0.05) is 66.6 Å². The maximum atomic E-state index is 5.70. The van der Waals surface area contributed by atoms with Crippen molar-refractivity contribution in [3.8, 4) is 12.3 Å². The normalized spacial score (nSPS) is 22.8. The molecule has 0 radical (unpaired) electrons. The molecule has 0 nitrogen and oxygen atoms in total. The van der Waals surface area contributed by atoms with E-state index in [-0.39, 0.29) is 5.41 Å². The second-order valence-electron chi connectivity index (χ2n) is 6.07. The number of hydrogen-bond donors (Lipinski definition) is 0. The fraction of sp³-hybridized carbons (Fsp3) is 0.300. The number of fused-ring (bicyclic) bond motifs is 1. The van der Waals surface area contributed by atoms with Crippen LogP contribution in [0.2, 0.25) is 0 Å². The molecule has 2 unspecified atom stereocenters. The molecule has 0 fully saturated rings. The molecule has 0 heterocycles. The van der Waals surface area contributed by atoms with Gasteiger partial charge in [0.05, 0.1) is 0 Å². The summed E-state index contributed by atoms with van der Waals surface area (Å²) in [4.78, 5) is 0. The average molecular weight is 260 g/mol. The molecule has 2 atom stereocenters. The largest absolute Gasteiger partial charge is 0.120 e. The monoisotopic (exact) mass is 260 g/mol. The van der Waals surface area contributed by atoms with E-state index >= 15 is 0 Å². The Hall–Kier alpha value is -2.00. The molecule has 0 aromatic heterocycles. The SMILES string of the molecule is C#CCC(C)(C1=CC=CC1)C1C(C)=Cc2ccccc21. The summed E-state index contributed by atoms with van der Waals surface area (Å²) in [6.07, 6.45) is 16.5. The summed E-state index contributed by atoms with van der Waals surface area (Å²) in [5, 5.41) is 0. The van der Waals surface area contributed by atoms with Crippen molar-refractivity contribution in [3.63, 3.8) is 0 Å². The van der Waals surface area contributed by atoms with Crippen LogP contribution < -0.4 is 0 Å². The number of rotatable bonds is 3. The lowest BCUT2D eigenvalue weighted by atomic mass is 9.65. The summed E-state index contributed by atoms with van der Waals surface area (Å²) in [7, 11) is 0. The molecule has 0 aliphatic heterocycles. The van der Waals surface area contributed by atoms with Gasteiger partial charge < -0.3 is 0 Å². The number of terminal acetylenes is 1. The van der Waals surface area contributed by atoms with Crippen LogP contribution in [0.15, 0.2) is 53.6 Å². The predicted octanol–water partition coefficient (Wildman–Crippen LogP) is 5.10. The molecule has 2 aliphatic rings. The minimum Gasteiger partial charge on any atom is -0.120 e. The number of hydrogen-bond acceptors (Lipinski definition) is 0. The third kappa shape index (κ3) is 1.86. The van der Waals surface area contributed by atoms with Gasteiger partial charge in [-0.25, -0.2) is 0 Å². The van der Waals surface area contributed by atoms with Gasteiger partial charge in [-0.15, -0.1) is 12.3 Å². The van der Waals surface area contributed by atoms with E-state index in [1.165, 1.54) is 22.3 Å². The van der Waals surface area contributed by atoms with E-state index in [0.717, 1.165) is 12.8 Å². The standard InChI is InChI=1S/C20H20/c1-4-13-20(3,17-10-6-7-11-17)19-15(2)14-16-9-5-8-12-18(16)19/h1,5-10,12,14,19H,11,13H2,2-3H3. The Bertz CT molecular complexity index is 664. The fourth-order valence-corrected chi connectivity index (χ4v) is 3.81. The minimum atomic E-state index is 0.0193. The summed E-state index contributed by atoms with van der Waals surface area (Å²) in [5.41, 5.74) is 5.69. The molecule has 0 spiro atoms. The van der Waals surface area contributed by atoms with Crippen LogP contribution in [-0.4, -0.2) is 0 Å². The first-order valence-corrected chi connectivity index (χ1v) is 7.23. The molecule has 0 amide bonds. The van der Waals surface area contributed by atoms with Crippen molar-refractivity contribution in [2.45, 2.75) is 32.6 Å². The maximum Gasteiger partial charge on any atom is 0.0187 e. The second kappa shape index (κ2) is 4.84. The summed E-state index contributed by atoms with van der Waals surface area (Å²) in [6.45, 7) is 4.57. The van der Waals surface area contributed by atoms with Gasteiger partial charge >= 0.3 is 0 Å². The average Bonchev–Trinajstić information content (AvgIpc) is 3.05. The van der Waals surface area contributed by atoms with Crippen molar-refractivity contribution < 1.29 is 0 Å². The van der Waals surface area contributed by atoms with Crippen LogP contribution >= 0.6 is 0 Å². The van der Waals surface area contributed by atoms with Crippen molar-refractivity contribution in [2.75, 3.05) is 0 Å². The molecule has 0 saturated carbocycles.